The van der Waals surface area contributed by atoms with E-state index < -0.39 is 31.6 Å². The highest BCUT2D eigenvalue weighted by Crippen LogP contribution is 2.47. The quantitative estimate of drug-likeness (QED) is 0.643. The Bertz CT molecular complexity index is 309. The van der Waals surface area contributed by atoms with Crippen LogP contribution in [0.2, 0.25) is 0 Å². The highest BCUT2D eigenvalue weighted by Gasteiger charge is 2.45. The highest BCUT2D eigenvalue weighted by molar-refractivity contribution is 7.54. The van der Waals surface area contributed by atoms with Gasteiger partial charge in [0.1, 0.15) is 12.1 Å². The van der Waals surface area contributed by atoms with Crippen LogP contribution in [0.1, 0.15) is 26.2 Å². The first-order chi connectivity index (χ1) is 8.20. The van der Waals surface area contributed by atoms with Crippen molar-refractivity contribution in [3.05, 3.63) is 0 Å². The Kier molecular flexibility index (Phi) is 7.10. The summed E-state index contributed by atoms with van der Waals surface area (Å²) in [5.41, 5.74) is 0. The summed E-state index contributed by atoms with van der Waals surface area (Å²) in [6.45, 7) is 1.73. The fourth-order valence-electron chi connectivity index (χ4n) is 1.42. The van der Waals surface area contributed by atoms with Gasteiger partial charge >= 0.3 is 13.8 Å². The Morgan fingerprint density at radius 2 is 1.78 bits per heavy atom. The molecule has 108 valence electrons. The van der Waals surface area contributed by atoms with Gasteiger partial charge in [0.15, 0.2) is 5.78 Å². The molecule has 0 aliphatic carbocycles. The summed E-state index contributed by atoms with van der Waals surface area (Å²) in [5.74, 6) is -3.25. The van der Waals surface area contributed by atoms with Crippen molar-refractivity contribution >= 4 is 13.4 Å². The van der Waals surface area contributed by atoms with Gasteiger partial charge in [-0.1, -0.05) is 19.8 Å². The second-order valence-electron chi connectivity index (χ2n) is 3.84. The lowest BCUT2D eigenvalue weighted by Crippen LogP contribution is -2.32. The monoisotopic (exact) mass is 290 g/mol. The van der Waals surface area contributed by atoms with Crippen LogP contribution in [0.15, 0.2) is 0 Å². The van der Waals surface area contributed by atoms with Gasteiger partial charge in [-0.25, -0.2) is 0 Å². The standard InChI is InChI=1S/C10H18F3O4P/c1-4-5-6-8(10(11,12)13)9(14)7-18(15,16-2)17-3/h8H,4-7H2,1-3H3. The lowest BCUT2D eigenvalue weighted by atomic mass is 9.98. The molecule has 0 radical (unpaired) electrons. The van der Waals surface area contributed by atoms with Crippen LogP contribution in [0.3, 0.4) is 0 Å². The molecule has 0 rings (SSSR count). The second kappa shape index (κ2) is 7.26. The summed E-state index contributed by atoms with van der Waals surface area (Å²) >= 11 is 0. The highest BCUT2D eigenvalue weighted by atomic mass is 31.2. The van der Waals surface area contributed by atoms with Crippen LogP contribution in [-0.2, 0) is 18.4 Å². The maximum absolute atomic E-state index is 12.7. The number of halogens is 3. The molecule has 8 heteroatoms. The molecule has 0 aliphatic heterocycles. The SMILES string of the molecule is CCCCC(C(=O)CP(=O)(OC)OC)C(F)(F)F. The van der Waals surface area contributed by atoms with Crippen molar-refractivity contribution in [2.75, 3.05) is 20.4 Å². The summed E-state index contributed by atoms with van der Waals surface area (Å²) in [5, 5.41) is 0. The molecule has 0 aromatic heterocycles. The number of Topliss-reactive ketones (excluding diaryl/α,β-unsaturated/α-hetero) is 1. The first kappa shape index (κ1) is 17.6. The molecule has 0 saturated carbocycles. The number of carbonyl (C=O) groups excluding carboxylic acids is 1. The number of alkyl halides is 3. The zero-order valence-electron chi connectivity index (χ0n) is 10.6. The van der Waals surface area contributed by atoms with Crippen LogP contribution >= 0.6 is 7.60 Å². The van der Waals surface area contributed by atoms with E-state index >= 15 is 0 Å². The molecule has 0 N–H and O–H groups in total. The number of carbonyl (C=O) groups is 1. The number of ketones is 1. The number of unbranched alkanes of at least 4 members (excludes halogenated alkanes) is 1. The van der Waals surface area contributed by atoms with Crippen molar-refractivity contribution in [1.82, 2.24) is 0 Å². The fraction of sp³-hybridized carbons (Fsp3) is 0.900. The molecule has 0 amide bonds. The van der Waals surface area contributed by atoms with E-state index in [1.807, 2.05) is 0 Å². The minimum atomic E-state index is -4.63. The van der Waals surface area contributed by atoms with Crippen LogP contribution in [0.4, 0.5) is 13.2 Å². The molecule has 0 aromatic rings. The van der Waals surface area contributed by atoms with Gasteiger partial charge in [-0.2, -0.15) is 13.2 Å². The van der Waals surface area contributed by atoms with Crippen LogP contribution in [0, 0.1) is 5.92 Å². The van der Waals surface area contributed by atoms with Gasteiger partial charge in [0, 0.05) is 14.2 Å². The summed E-state index contributed by atoms with van der Waals surface area (Å²) < 4.78 is 58.6. The molecular weight excluding hydrogens is 272 g/mol. The van der Waals surface area contributed by atoms with Crippen LogP contribution in [0.25, 0.3) is 0 Å². The van der Waals surface area contributed by atoms with Crippen molar-refractivity contribution in [3.8, 4) is 0 Å². The van der Waals surface area contributed by atoms with E-state index in [4.69, 9.17) is 0 Å². The topological polar surface area (TPSA) is 52.6 Å². The maximum atomic E-state index is 12.7. The molecule has 0 aromatic carbocycles. The van der Waals surface area contributed by atoms with Crippen molar-refractivity contribution in [2.45, 2.75) is 32.4 Å². The zero-order valence-corrected chi connectivity index (χ0v) is 11.5. The number of hydrogen-bond acceptors (Lipinski definition) is 4. The van der Waals surface area contributed by atoms with Crippen molar-refractivity contribution in [2.24, 2.45) is 5.92 Å². The molecule has 4 nitrogen and oxygen atoms in total. The summed E-state index contributed by atoms with van der Waals surface area (Å²) in [4.78, 5) is 11.6. The smallest absolute Gasteiger partial charge is 0.312 e. The summed E-state index contributed by atoms with van der Waals surface area (Å²) in [7, 11) is -1.67. The molecule has 0 bridgehead atoms. The average molecular weight is 290 g/mol. The third kappa shape index (κ3) is 5.50. The summed E-state index contributed by atoms with van der Waals surface area (Å²) in [6, 6.07) is 0. The van der Waals surface area contributed by atoms with E-state index in [9.17, 15) is 22.5 Å². The predicted octanol–water partition coefficient (Wildman–Crippen LogP) is 3.41. The van der Waals surface area contributed by atoms with Crippen LogP contribution < -0.4 is 0 Å². The minimum absolute atomic E-state index is 0.278. The molecule has 0 fully saturated rings. The minimum Gasteiger partial charge on any atom is -0.312 e. The Balaban J connectivity index is 4.82. The molecule has 0 heterocycles. The first-order valence-corrected chi connectivity index (χ1v) is 7.23. The molecule has 18 heavy (non-hydrogen) atoms. The Morgan fingerprint density at radius 1 is 1.28 bits per heavy atom. The molecule has 1 atom stereocenters. The van der Waals surface area contributed by atoms with Gasteiger partial charge in [0.2, 0.25) is 0 Å². The van der Waals surface area contributed by atoms with Crippen molar-refractivity contribution in [3.63, 3.8) is 0 Å². The van der Waals surface area contributed by atoms with E-state index in [-0.39, 0.29) is 12.8 Å². The Morgan fingerprint density at radius 3 is 2.11 bits per heavy atom. The van der Waals surface area contributed by atoms with Gasteiger partial charge in [0.25, 0.3) is 0 Å². The first-order valence-electron chi connectivity index (χ1n) is 5.50. The third-order valence-corrected chi connectivity index (χ3v) is 4.35. The van der Waals surface area contributed by atoms with Crippen LogP contribution in [-0.4, -0.2) is 32.3 Å². The van der Waals surface area contributed by atoms with Gasteiger partial charge in [-0.15, -0.1) is 0 Å². The average Bonchev–Trinajstić information content (AvgIpc) is 2.27. The largest absolute Gasteiger partial charge is 0.398 e. The molecule has 0 aliphatic rings. The van der Waals surface area contributed by atoms with E-state index in [1.54, 1.807) is 6.92 Å². The van der Waals surface area contributed by atoms with Gasteiger partial charge in [-0.3, -0.25) is 9.36 Å². The van der Waals surface area contributed by atoms with E-state index in [0.717, 1.165) is 14.2 Å². The van der Waals surface area contributed by atoms with E-state index in [0.29, 0.717) is 6.42 Å². The summed E-state index contributed by atoms with van der Waals surface area (Å²) in [6.07, 6.45) is -4.95. The van der Waals surface area contributed by atoms with Crippen molar-refractivity contribution < 1.29 is 31.6 Å². The Labute approximate surface area is 104 Å². The van der Waals surface area contributed by atoms with Crippen LogP contribution in [0.5, 0.6) is 0 Å². The molecule has 0 spiro atoms. The van der Waals surface area contributed by atoms with Crippen molar-refractivity contribution in [1.29, 1.82) is 0 Å². The maximum Gasteiger partial charge on any atom is 0.398 e. The lowest BCUT2D eigenvalue weighted by molar-refractivity contribution is -0.181. The molecule has 0 saturated heterocycles. The molecule has 1 unspecified atom stereocenters. The Hall–Kier alpha value is -0.390. The predicted molar refractivity (Wildman–Crippen MR) is 60.6 cm³/mol. The lowest BCUT2D eigenvalue weighted by Gasteiger charge is -2.20. The van der Waals surface area contributed by atoms with Gasteiger partial charge < -0.3 is 9.05 Å². The number of rotatable bonds is 8. The van der Waals surface area contributed by atoms with E-state index in [1.165, 1.54) is 0 Å². The second-order valence-corrected chi connectivity index (χ2v) is 6.11. The van der Waals surface area contributed by atoms with Gasteiger partial charge in [-0.05, 0) is 6.42 Å². The van der Waals surface area contributed by atoms with E-state index in [2.05, 4.69) is 9.05 Å². The third-order valence-electron chi connectivity index (χ3n) is 2.54. The molecular formula is C10H18F3O4P. The normalized spacial score (nSPS) is 14.6. The van der Waals surface area contributed by atoms with Gasteiger partial charge in [0.05, 0.1) is 0 Å². The number of hydrogen-bond donors (Lipinski definition) is 0. The fourth-order valence-corrected chi connectivity index (χ4v) is 2.43. The zero-order chi connectivity index (χ0) is 14.4.